The van der Waals surface area contributed by atoms with E-state index in [1.54, 1.807) is 0 Å². The van der Waals surface area contributed by atoms with Crippen molar-refractivity contribution in [2.45, 2.75) is 25.8 Å². The molecule has 0 aromatic carbocycles. The van der Waals surface area contributed by atoms with Crippen LogP contribution in [0.15, 0.2) is 0 Å². The predicted octanol–water partition coefficient (Wildman–Crippen LogP) is 1.86. The normalized spacial score (nSPS) is 27.3. The molecular weight excluding hydrogens is 150 g/mol. The molecule has 0 N–H and O–H groups in total. The van der Waals surface area contributed by atoms with E-state index >= 15 is 0 Å². The van der Waals surface area contributed by atoms with Crippen molar-refractivity contribution in [1.82, 2.24) is 4.90 Å². The highest BCUT2D eigenvalue weighted by Crippen LogP contribution is 2.12. The molecule has 56 valence electrons. The summed E-state index contributed by atoms with van der Waals surface area (Å²) in [5, 5.41) is 0. The molecule has 0 aromatic heterocycles. The molecule has 0 aromatic rings. The molecule has 1 heterocycles. The van der Waals surface area contributed by atoms with E-state index in [9.17, 15) is 0 Å². The Morgan fingerprint density at radius 1 is 1.44 bits per heavy atom. The number of nitrogens with zero attached hydrogens (tertiary/aromatic N) is 1. The number of rotatable bonds is 0. The SMILES string of the molecule is CC1CCCN1C.SS. The zero-order valence-electron chi connectivity index (χ0n) is 6.04. The van der Waals surface area contributed by atoms with Crippen LogP contribution in [0, 0.1) is 0 Å². The summed E-state index contributed by atoms with van der Waals surface area (Å²) in [7, 11) is 2.19. The second-order valence-corrected chi connectivity index (χ2v) is 2.47. The summed E-state index contributed by atoms with van der Waals surface area (Å²) in [6, 6.07) is 0.847. The van der Waals surface area contributed by atoms with Gasteiger partial charge in [-0.05, 0) is 33.4 Å². The van der Waals surface area contributed by atoms with Crippen LogP contribution in [0.2, 0.25) is 0 Å². The van der Waals surface area contributed by atoms with Crippen molar-refractivity contribution >= 4 is 23.3 Å². The molecule has 0 saturated carbocycles. The van der Waals surface area contributed by atoms with Crippen molar-refractivity contribution in [3.63, 3.8) is 0 Å². The first-order chi connectivity index (χ1) is 4.30. The molecule has 1 fully saturated rings. The average molecular weight is 165 g/mol. The van der Waals surface area contributed by atoms with Gasteiger partial charge in [-0.1, -0.05) is 0 Å². The highest BCUT2D eigenvalue weighted by molar-refractivity contribution is 8.59. The van der Waals surface area contributed by atoms with Gasteiger partial charge in [-0.2, -0.15) is 0 Å². The van der Waals surface area contributed by atoms with Gasteiger partial charge in [-0.25, -0.2) is 0 Å². The van der Waals surface area contributed by atoms with Crippen LogP contribution in [-0.2, 0) is 0 Å². The lowest BCUT2D eigenvalue weighted by atomic mass is 10.3. The van der Waals surface area contributed by atoms with E-state index in [4.69, 9.17) is 0 Å². The third-order valence-electron chi connectivity index (χ3n) is 1.89. The quantitative estimate of drug-likeness (QED) is 0.409. The molecule has 0 radical (unpaired) electrons. The molecule has 3 heteroatoms. The fourth-order valence-electron chi connectivity index (χ4n) is 1.08. The largest absolute Gasteiger partial charge is 0.304 e. The maximum Gasteiger partial charge on any atom is 0.00643 e. The van der Waals surface area contributed by atoms with Gasteiger partial charge in [-0.15, -0.1) is 23.3 Å². The second-order valence-electron chi connectivity index (χ2n) is 2.47. The van der Waals surface area contributed by atoms with Crippen molar-refractivity contribution in [1.29, 1.82) is 0 Å². The molecule has 1 aliphatic rings. The van der Waals surface area contributed by atoms with Crippen LogP contribution >= 0.6 is 23.3 Å². The van der Waals surface area contributed by atoms with E-state index in [-0.39, 0.29) is 0 Å². The summed E-state index contributed by atoms with van der Waals surface area (Å²) in [4.78, 5) is 2.40. The molecule has 9 heavy (non-hydrogen) atoms. The van der Waals surface area contributed by atoms with Gasteiger partial charge in [0.1, 0.15) is 0 Å². The van der Waals surface area contributed by atoms with Crippen LogP contribution in [0.1, 0.15) is 19.8 Å². The Kier molecular flexibility index (Phi) is 5.84. The third-order valence-corrected chi connectivity index (χ3v) is 1.89. The summed E-state index contributed by atoms with van der Waals surface area (Å²) in [6.07, 6.45) is 2.80. The predicted molar refractivity (Wildman–Crippen MR) is 49.3 cm³/mol. The van der Waals surface area contributed by atoms with Crippen molar-refractivity contribution in [3.8, 4) is 0 Å². The van der Waals surface area contributed by atoms with Crippen LogP contribution in [-0.4, -0.2) is 24.5 Å². The zero-order valence-corrected chi connectivity index (χ0v) is 7.83. The van der Waals surface area contributed by atoms with Crippen LogP contribution in [0.5, 0.6) is 0 Å². The molecule has 0 bridgehead atoms. The Morgan fingerprint density at radius 2 is 2.00 bits per heavy atom. The number of hydrogen-bond acceptors (Lipinski definition) is 3. The number of likely N-dealkylation sites (tertiary alicyclic amines) is 1. The first-order valence-electron chi connectivity index (χ1n) is 3.21. The van der Waals surface area contributed by atoms with Crippen molar-refractivity contribution in [2.24, 2.45) is 0 Å². The van der Waals surface area contributed by atoms with E-state index in [2.05, 4.69) is 42.2 Å². The van der Waals surface area contributed by atoms with E-state index in [1.165, 1.54) is 19.4 Å². The summed E-state index contributed by atoms with van der Waals surface area (Å²) in [6.45, 7) is 3.59. The summed E-state index contributed by atoms with van der Waals surface area (Å²) < 4.78 is 0. The lowest BCUT2D eigenvalue weighted by Gasteiger charge is -2.12. The third kappa shape index (κ3) is 3.38. The first-order valence-corrected chi connectivity index (χ1v) is 4.81. The van der Waals surface area contributed by atoms with Crippen LogP contribution in [0.4, 0.5) is 0 Å². The highest BCUT2D eigenvalue weighted by atomic mass is 33.1. The topological polar surface area (TPSA) is 3.24 Å². The van der Waals surface area contributed by atoms with E-state index in [1.807, 2.05) is 0 Å². The Bertz CT molecular complexity index is 60.1. The maximum absolute atomic E-state index is 3.22. The first kappa shape index (κ1) is 9.66. The van der Waals surface area contributed by atoms with E-state index in [0.717, 1.165) is 6.04 Å². The van der Waals surface area contributed by atoms with Gasteiger partial charge < -0.3 is 4.90 Å². The van der Waals surface area contributed by atoms with Gasteiger partial charge in [0.25, 0.3) is 0 Å². The van der Waals surface area contributed by atoms with Gasteiger partial charge in [0.15, 0.2) is 0 Å². The summed E-state index contributed by atoms with van der Waals surface area (Å²) in [5.74, 6) is 0. The molecular formula is C6H15NS2. The molecule has 1 rings (SSSR count). The maximum atomic E-state index is 3.22. The van der Waals surface area contributed by atoms with Crippen LogP contribution < -0.4 is 0 Å². The fraction of sp³-hybridized carbons (Fsp3) is 1.00. The van der Waals surface area contributed by atoms with Gasteiger partial charge >= 0.3 is 0 Å². The lowest BCUT2D eigenvalue weighted by Crippen LogP contribution is -2.20. The van der Waals surface area contributed by atoms with Gasteiger partial charge in [-0.3, -0.25) is 0 Å². The van der Waals surface area contributed by atoms with E-state index < -0.39 is 0 Å². The Labute approximate surface area is 68.0 Å². The minimum Gasteiger partial charge on any atom is -0.304 e. The Morgan fingerprint density at radius 3 is 2.11 bits per heavy atom. The Hall–Kier alpha value is 0.660. The van der Waals surface area contributed by atoms with Crippen LogP contribution in [0.3, 0.4) is 0 Å². The van der Waals surface area contributed by atoms with Crippen molar-refractivity contribution in [2.75, 3.05) is 13.6 Å². The monoisotopic (exact) mass is 165 g/mol. The molecule has 1 nitrogen and oxygen atoms in total. The number of thiol groups is 2. The number of hydrogen-bond donors (Lipinski definition) is 2. The minimum atomic E-state index is 0.847. The molecule has 0 aliphatic carbocycles. The second kappa shape index (κ2) is 5.45. The van der Waals surface area contributed by atoms with Gasteiger partial charge in [0, 0.05) is 6.04 Å². The molecule has 1 unspecified atom stereocenters. The van der Waals surface area contributed by atoms with Crippen molar-refractivity contribution in [3.05, 3.63) is 0 Å². The molecule has 1 aliphatic heterocycles. The standard InChI is InChI=1S/C6H13N.H2S2/c1-6-4-3-5-7(6)2;1-2/h6H,3-5H2,1-2H3;1-2H. The Balaban J connectivity index is 0.000000291. The van der Waals surface area contributed by atoms with E-state index in [0.29, 0.717) is 0 Å². The van der Waals surface area contributed by atoms with Gasteiger partial charge in [0.2, 0.25) is 0 Å². The summed E-state index contributed by atoms with van der Waals surface area (Å²) >= 11 is 6.44. The zero-order chi connectivity index (χ0) is 7.28. The van der Waals surface area contributed by atoms with Crippen molar-refractivity contribution < 1.29 is 0 Å². The average Bonchev–Trinajstić information content (AvgIpc) is 2.23. The smallest absolute Gasteiger partial charge is 0.00643 e. The lowest BCUT2D eigenvalue weighted by molar-refractivity contribution is 0.331. The highest BCUT2D eigenvalue weighted by Gasteiger charge is 2.14. The molecule has 1 atom stereocenters. The summed E-state index contributed by atoms with van der Waals surface area (Å²) in [5.41, 5.74) is 0. The van der Waals surface area contributed by atoms with Crippen LogP contribution in [0.25, 0.3) is 0 Å². The fourth-order valence-corrected chi connectivity index (χ4v) is 1.08. The molecule has 0 spiro atoms. The molecule has 1 saturated heterocycles. The molecule has 0 amide bonds. The minimum absolute atomic E-state index is 0.847. The van der Waals surface area contributed by atoms with Gasteiger partial charge in [0.05, 0.1) is 0 Å².